The van der Waals surface area contributed by atoms with Crippen molar-refractivity contribution in [3.63, 3.8) is 0 Å². The lowest BCUT2D eigenvalue weighted by Crippen LogP contribution is -2.71. The molecule has 0 aliphatic carbocycles. The van der Waals surface area contributed by atoms with E-state index in [0.29, 0.717) is 17.1 Å². The number of carbonyl (C=O) groups is 4. The number of halogens is 1. The first-order chi connectivity index (χ1) is 19.5. The van der Waals surface area contributed by atoms with Gasteiger partial charge in [-0.15, -0.1) is 34.7 Å². The van der Waals surface area contributed by atoms with Crippen molar-refractivity contribution in [1.29, 1.82) is 0 Å². The number of alkyl halides is 1. The Hall–Kier alpha value is -3.82. The SMILES string of the molecule is COc1ccc(COC(=O)C2=C(CCl)CS[C@@H]3[C@H](NC(=O)/C(=N\OC(C)(C)C(=O)O)c4csc(N)n4)C(=O)N23)cc1. The summed E-state index contributed by atoms with van der Waals surface area (Å²) in [6.07, 6.45) is 0. The first kappa shape index (κ1) is 30.1. The molecule has 41 heavy (non-hydrogen) atoms. The summed E-state index contributed by atoms with van der Waals surface area (Å²) in [6, 6.07) is 5.94. The summed E-state index contributed by atoms with van der Waals surface area (Å²) in [7, 11) is 1.54. The summed E-state index contributed by atoms with van der Waals surface area (Å²) in [6.45, 7) is 2.48. The van der Waals surface area contributed by atoms with E-state index in [0.717, 1.165) is 16.9 Å². The minimum atomic E-state index is -1.75. The van der Waals surface area contributed by atoms with Crippen LogP contribution in [0.15, 0.2) is 46.1 Å². The van der Waals surface area contributed by atoms with Crippen LogP contribution in [0.2, 0.25) is 0 Å². The zero-order valence-electron chi connectivity index (χ0n) is 22.1. The minimum absolute atomic E-state index is 0.00620. The topological polar surface area (TPSA) is 183 Å². The van der Waals surface area contributed by atoms with Crippen molar-refractivity contribution in [2.45, 2.75) is 37.5 Å². The Labute approximate surface area is 247 Å². The van der Waals surface area contributed by atoms with Gasteiger partial charge in [0.15, 0.2) is 10.8 Å². The molecule has 13 nitrogen and oxygen atoms in total. The van der Waals surface area contributed by atoms with Crippen molar-refractivity contribution in [3.05, 3.63) is 52.2 Å². The van der Waals surface area contributed by atoms with E-state index in [2.05, 4.69) is 15.5 Å². The van der Waals surface area contributed by atoms with E-state index >= 15 is 0 Å². The molecule has 2 aromatic rings. The zero-order chi connectivity index (χ0) is 29.9. The largest absolute Gasteiger partial charge is 0.497 e. The van der Waals surface area contributed by atoms with Gasteiger partial charge in [0.1, 0.15) is 35.2 Å². The summed E-state index contributed by atoms with van der Waals surface area (Å²) >= 11 is 8.45. The third-order valence-electron chi connectivity index (χ3n) is 6.08. The first-order valence-corrected chi connectivity index (χ1v) is 14.5. The molecule has 0 saturated carbocycles. The summed E-state index contributed by atoms with van der Waals surface area (Å²) < 4.78 is 10.6. The number of ether oxygens (including phenoxy) is 2. The van der Waals surface area contributed by atoms with Gasteiger partial charge < -0.3 is 30.5 Å². The Bertz CT molecular complexity index is 1430. The second-order valence-corrected chi connectivity index (χ2v) is 11.6. The lowest BCUT2D eigenvalue weighted by Gasteiger charge is -2.49. The molecule has 16 heteroatoms. The second kappa shape index (κ2) is 12.4. The molecule has 2 amide bonds. The highest BCUT2D eigenvalue weighted by Crippen LogP contribution is 2.41. The van der Waals surface area contributed by atoms with Crippen LogP contribution in [0.4, 0.5) is 5.13 Å². The van der Waals surface area contributed by atoms with Crippen molar-refractivity contribution in [2.24, 2.45) is 5.16 Å². The van der Waals surface area contributed by atoms with Crippen LogP contribution < -0.4 is 15.8 Å². The lowest BCUT2D eigenvalue weighted by molar-refractivity contribution is -0.161. The number of nitrogens with zero attached hydrogens (tertiary/aromatic N) is 3. The minimum Gasteiger partial charge on any atom is -0.497 e. The molecule has 218 valence electrons. The molecule has 2 atom stereocenters. The van der Waals surface area contributed by atoms with Gasteiger partial charge in [-0.2, -0.15) is 0 Å². The highest BCUT2D eigenvalue weighted by molar-refractivity contribution is 8.00. The van der Waals surface area contributed by atoms with E-state index < -0.39 is 40.8 Å². The quantitative estimate of drug-likeness (QED) is 0.109. The third kappa shape index (κ3) is 6.41. The fraction of sp³-hybridized carbons (Fsp3) is 0.360. The number of oxime groups is 1. The molecule has 0 bridgehead atoms. The maximum Gasteiger partial charge on any atom is 0.355 e. The zero-order valence-corrected chi connectivity index (χ0v) is 24.5. The molecule has 3 heterocycles. The molecular formula is C25H26ClN5O8S2. The number of thioether (sulfide) groups is 1. The summed E-state index contributed by atoms with van der Waals surface area (Å²) in [5.74, 6) is -2.44. The van der Waals surface area contributed by atoms with Crippen LogP contribution in [0, 0.1) is 0 Å². The molecular weight excluding hydrogens is 598 g/mol. The van der Waals surface area contributed by atoms with Crippen molar-refractivity contribution < 1.29 is 38.6 Å². The van der Waals surface area contributed by atoms with E-state index in [1.54, 1.807) is 31.4 Å². The van der Waals surface area contributed by atoms with Gasteiger partial charge >= 0.3 is 11.9 Å². The standard InChI is InChI=1S/C25H26ClN5O8S2/c1-25(2,23(35)36)39-30-16(15-11-41-24(27)28-15)19(32)29-17-20(33)31-18(13(8-26)10-40-21(17)31)22(34)38-9-12-4-6-14(37-3)7-5-12/h4-7,11,17,21H,8-10H2,1-3H3,(H2,27,28)(H,29,32)(H,35,36)/b30-16-/t17-,21-/m1/s1. The Morgan fingerprint density at radius 1 is 1.29 bits per heavy atom. The van der Waals surface area contributed by atoms with Gasteiger partial charge in [0.05, 0.1) is 7.11 Å². The maximum atomic E-state index is 13.2. The van der Waals surface area contributed by atoms with Gasteiger partial charge in [-0.05, 0) is 37.1 Å². The number of nitrogens with two attached hydrogens (primary N) is 1. The van der Waals surface area contributed by atoms with E-state index in [-0.39, 0.29) is 34.7 Å². The molecule has 2 aliphatic rings. The van der Waals surface area contributed by atoms with Crippen LogP contribution in [0.25, 0.3) is 0 Å². The molecule has 1 aromatic carbocycles. The van der Waals surface area contributed by atoms with E-state index in [4.69, 9.17) is 31.6 Å². The van der Waals surface area contributed by atoms with Gasteiger partial charge in [-0.25, -0.2) is 14.6 Å². The number of fused-ring (bicyclic) bond motifs is 1. The predicted octanol–water partition coefficient (Wildman–Crippen LogP) is 1.95. The number of carboxylic acids is 1. The number of amides is 2. The maximum absolute atomic E-state index is 13.2. The number of hydrogen-bond acceptors (Lipinski definition) is 12. The molecule has 0 unspecified atom stereocenters. The lowest BCUT2D eigenvalue weighted by atomic mass is 10.0. The fourth-order valence-corrected chi connectivity index (χ4v) is 5.95. The number of methoxy groups -OCH3 is 1. The Morgan fingerprint density at radius 3 is 2.59 bits per heavy atom. The Balaban J connectivity index is 1.49. The van der Waals surface area contributed by atoms with Crippen LogP contribution in [0.5, 0.6) is 5.75 Å². The van der Waals surface area contributed by atoms with Crippen molar-refractivity contribution >= 4 is 69.3 Å². The van der Waals surface area contributed by atoms with Gasteiger partial charge in [-0.3, -0.25) is 14.5 Å². The summed E-state index contributed by atoms with van der Waals surface area (Å²) in [4.78, 5) is 61.4. The predicted molar refractivity (Wildman–Crippen MR) is 151 cm³/mol. The molecule has 4 N–H and O–H groups in total. The number of hydrogen-bond donors (Lipinski definition) is 3. The van der Waals surface area contributed by atoms with Crippen LogP contribution >= 0.6 is 34.7 Å². The molecule has 0 spiro atoms. The highest BCUT2D eigenvalue weighted by atomic mass is 35.5. The van der Waals surface area contributed by atoms with Crippen LogP contribution in [-0.2, 0) is 35.4 Å². The number of aromatic nitrogens is 1. The number of nitrogens with one attached hydrogen (secondary N) is 1. The molecule has 2 aliphatic heterocycles. The third-order valence-corrected chi connectivity index (χ3v) is 8.41. The number of nitrogen functional groups attached to an aromatic ring is 1. The molecule has 0 radical (unpaired) electrons. The summed E-state index contributed by atoms with van der Waals surface area (Å²) in [5.41, 5.74) is 4.90. The number of esters is 1. The van der Waals surface area contributed by atoms with Gasteiger partial charge in [0, 0.05) is 17.0 Å². The van der Waals surface area contributed by atoms with Crippen LogP contribution in [0.1, 0.15) is 25.1 Å². The number of aliphatic carboxylic acids is 1. The fourth-order valence-electron chi connectivity index (χ4n) is 3.72. The number of rotatable bonds is 11. The van der Waals surface area contributed by atoms with Gasteiger partial charge in [0.2, 0.25) is 5.60 Å². The second-order valence-electron chi connectivity index (χ2n) is 9.29. The number of benzene rings is 1. The van der Waals surface area contributed by atoms with Crippen LogP contribution in [-0.4, -0.2) is 80.2 Å². The average molecular weight is 624 g/mol. The number of carbonyl (C=O) groups excluding carboxylic acids is 3. The number of anilines is 1. The van der Waals surface area contributed by atoms with E-state index in [9.17, 15) is 24.3 Å². The molecule has 4 rings (SSSR count). The Kier molecular flexibility index (Phi) is 9.09. The highest BCUT2D eigenvalue weighted by Gasteiger charge is 2.54. The van der Waals surface area contributed by atoms with Crippen molar-refractivity contribution in [2.75, 3.05) is 24.5 Å². The van der Waals surface area contributed by atoms with Gasteiger partial charge in [-0.1, -0.05) is 17.3 Å². The average Bonchev–Trinajstić information content (AvgIpc) is 3.39. The normalized spacial score (nSPS) is 18.8. The molecule has 1 aromatic heterocycles. The number of carboxylic acid groups (broad SMARTS) is 1. The van der Waals surface area contributed by atoms with E-state index in [1.807, 2.05) is 0 Å². The van der Waals surface area contributed by atoms with Crippen molar-refractivity contribution in [3.8, 4) is 5.75 Å². The number of β-lactam (4-membered cyclic amide) rings is 1. The molecule has 1 saturated heterocycles. The molecule has 1 fully saturated rings. The number of thiazole rings is 1. The Morgan fingerprint density at radius 2 is 2.00 bits per heavy atom. The van der Waals surface area contributed by atoms with Crippen molar-refractivity contribution in [1.82, 2.24) is 15.2 Å². The van der Waals surface area contributed by atoms with Gasteiger partial charge in [0.25, 0.3) is 11.8 Å². The van der Waals surface area contributed by atoms with Crippen LogP contribution in [0.3, 0.4) is 0 Å². The summed E-state index contributed by atoms with van der Waals surface area (Å²) in [5, 5.41) is 16.6. The first-order valence-electron chi connectivity index (χ1n) is 12.0. The monoisotopic (exact) mass is 623 g/mol. The van der Waals surface area contributed by atoms with E-state index in [1.165, 1.54) is 35.9 Å². The smallest absolute Gasteiger partial charge is 0.355 e.